The van der Waals surface area contributed by atoms with E-state index < -0.39 is 34.7 Å². The second-order valence-corrected chi connectivity index (χ2v) is 6.35. The Kier molecular flexibility index (Phi) is 3.39. The van der Waals surface area contributed by atoms with Gasteiger partial charge in [-0.3, -0.25) is 9.59 Å². The Morgan fingerprint density at radius 2 is 2.05 bits per heavy atom. The zero-order valence-electron chi connectivity index (χ0n) is 11.4. The van der Waals surface area contributed by atoms with E-state index in [0.29, 0.717) is 5.69 Å². The average molecular weight is 313 g/mol. The molecule has 112 valence electrons. The van der Waals surface area contributed by atoms with Gasteiger partial charge in [0.2, 0.25) is 0 Å². The molecule has 0 unspecified atom stereocenters. The minimum Gasteiger partial charge on any atom is -0.465 e. The van der Waals surface area contributed by atoms with Crippen LogP contribution in [-0.4, -0.2) is 29.1 Å². The fraction of sp³-hybridized carbons (Fsp3) is 0.429. The number of rotatable bonds is 2. The van der Waals surface area contributed by atoms with Crippen molar-refractivity contribution in [2.75, 3.05) is 11.5 Å². The molecule has 2 heterocycles. The van der Waals surface area contributed by atoms with Crippen LogP contribution >= 0.6 is 11.8 Å². The minimum absolute atomic E-state index is 0.0105. The fourth-order valence-electron chi connectivity index (χ4n) is 2.75. The third kappa shape index (κ3) is 2.02. The van der Waals surface area contributed by atoms with Crippen molar-refractivity contribution in [3.8, 4) is 0 Å². The Bertz CT molecular complexity index is 637. The van der Waals surface area contributed by atoms with Gasteiger partial charge in [0.1, 0.15) is 5.92 Å². The number of hydrogen-bond donors (Lipinski definition) is 0. The second kappa shape index (κ2) is 4.98. The molecule has 0 N–H and O–H groups in total. The first-order chi connectivity index (χ1) is 9.95. The van der Waals surface area contributed by atoms with Gasteiger partial charge in [0, 0.05) is 11.6 Å². The Labute approximate surface area is 124 Å². The number of benzene rings is 1. The average Bonchev–Trinajstić information content (AvgIpc) is 2.41. The van der Waals surface area contributed by atoms with Crippen LogP contribution in [0.15, 0.2) is 12.1 Å². The summed E-state index contributed by atoms with van der Waals surface area (Å²) in [5.41, 5.74) is 0.381. The van der Waals surface area contributed by atoms with Gasteiger partial charge in [-0.2, -0.15) is 0 Å². The molecule has 0 bridgehead atoms. The van der Waals surface area contributed by atoms with Crippen molar-refractivity contribution in [3.05, 3.63) is 29.3 Å². The molecule has 0 aromatic heterocycles. The van der Waals surface area contributed by atoms with Gasteiger partial charge in [-0.15, -0.1) is 11.8 Å². The number of thioether (sulfide) groups is 1. The summed E-state index contributed by atoms with van der Waals surface area (Å²) in [5.74, 6) is -4.22. The number of carbonyl (C=O) groups is 2. The highest BCUT2D eigenvalue weighted by Crippen LogP contribution is 2.50. The molecule has 4 nitrogen and oxygen atoms in total. The predicted octanol–water partition coefficient (Wildman–Crippen LogP) is 2.57. The van der Waals surface area contributed by atoms with Gasteiger partial charge in [-0.1, -0.05) is 0 Å². The van der Waals surface area contributed by atoms with Gasteiger partial charge in [-0.05, 0) is 19.9 Å². The first kappa shape index (κ1) is 14.3. The van der Waals surface area contributed by atoms with Crippen molar-refractivity contribution in [3.63, 3.8) is 0 Å². The normalized spacial score (nSPS) is 26.8. The van der Waals surface area contributed by atoms with Crippen LogP contribution in [0.5, 0.6) is 0 Å². The first-order valence-electron chi connectivity index (χ1n) is 6.59. The smallest absolute Gasteiger partial charge is 0.319 e. The Morgan fingerprint density at radius 1 is 1.38 bits per heavy atom. The van der Waals surface area contributed by atoms with E-state index in [9.17, 15) is 18.4 Å². The highest BCUT2D eigenvalue weighted by molar-refractivity contribution is 8.02. The number of ether oxygens (including phenoxy) is 1. The third-order valence-corrected chi connectivity index (χ3v) is 5.09. The van der Waals surface area contributed by atoms with E-state index in [0.717, 1.165) is 12.1 Å². The molecule has 2 aliphatic heterocycles. The summed E-state index contributed by atoms with van der Waals surface area (Å²) in [4.78, 5) is 26.2. The number of anilines is 1. The van der Waals surface area contributed by atoms with Crippen LogP contribution in [0, 0.1) is 17.6 Å². The standard InChI is InChI=1S/C14H13F2NO3S/c1-3-20-14(19)11-12(18)7-4-8(15)9(16)5-10(7)17-6(2)21-13(11)17/h4-6,11,13H,3H2,1-2H3/t6-,11+,13+/m0/s1. The van der Waals surface area contributed by atoms with Crippen molar-refractivity contribution >= 4 is 29.2 Å². The van der Waals surface area contributed by atoms with Gasteiger partial charge in [0.15, 0.2) is 17.4 Å². The van der Waals surface area contributed by atoms with Crippen LogP contribution in [0.25, 0.3) is 0 Å². The molecule has 0 radical (unpaired) electrons. The monoisotopic (exact) mass is 313 g/mol. The Hall–Kier alpha value is -1.63. The predicted molar refractivity (Wildman–Crippen MR) is 74.1 cm³/mol. The van der Waals surface area contributed by atoms with E-state index in [1.54, 1.807) is 11.8 Å². The molecule has 2 aliphatic rings. The molecule has 7 heteroatoms. The number of esters is 1. The lowest BCUT2D eigenvalue weighted by atomic mass is 9.90. The lowest BCUT2D eigenvalue weighted by Crippen LogP contribution is -2.60. The van der Waals surface area contributed by atoms with Crippen LogP contribution in [0.4, 0.5) is 14.5 Å². The van der Waals surface area contributed by atoms with E-state index in [2.05, 4.69) is 0 Å². The summed E-state index contributed by atoms with van der Waals surface area (Å²) in [5, 5.41) is -0.424. The lowest BCUT2D eigenvalue weighted by molar-refractivity contribution is -0.146. The summed E-state index contributed by atoms with van der Waals surface area (Å²) in [6.45, 7) is 3.70. The van der Waals surface area contributed by atoms with Crippen molar-refractivity contribution in [2.45, 2.75) is 24.6 Å². The van der Waals surface area contributed by atoms with E-state index in [1.807, 2.05) is 6.92 Å². The molecular weight excluding hydrogens is 300 g/mol. The molecule has 0 saturated carbocycles. The maximum absolute atomic E-state index is 13.5. The lowest BCUT2D eigenvalue weighted by Gasteiger charge is -2.53. The van der Waals surface area contributed by atoms with E-state index in [1.165, 1.54) is 11.8 Å². The van der Waals surface area contributed by atoms with Crippen LogP contribution in [-0.2, 0) is 9.53 Å². The molecule has 1 fully saturated rings. The minimum atomic E-state index is -1.09. The summed E-state index contributed by atoms with van der Waals surface area (Å²) in [6, 6.07) is 1.89. The number of carbonyl (C=O) groups excluding carboxylic acids is 2. The largest absolute Gasteiger partial charge is 0.465 e. The highest BCUT2D eigenvalue weighted by Gasteiger charge is 2.53. The van der Waals surface area contributed by atoms with Crippen LogP contribution in [0.1, 0.15) is 24.2 Å². The maximum atomic E-state index is 13.5. The summed E-state index contributed by atoms with van der Waals surface area (Å²) < 4.78 is 31.8. The van der Waals surface area contributed by atoms with E-state index in [-0.39, 0.29) is 17.5 Å². The molecule has 0 spiro atoms. The van der Waals surface area contributed by atoms with Gasteiger partial charge in [0.25, 0.3) is 0 Å². The third-order valence-electron chi connectivity index (χ3n) is 3.69. The van der Waals surface area contributed by atoms with Crippen LogP contribution < -0.4 is 4.90 Å². The van der Waals surface area contributed by atoms with E-state index >= 15 is 0 Å². The topological polar surface area (TPSA) is 46.6 Å². The van der Waals surface area contributed by atoms with Gasteiger partial charge < -0.3 is 9.64 Å². The molecule has 0 amide bonds. The molecule has 3 rings (SSSR count). The zero-order valence-corrected chi connectivity index (χ0v) is 12.2. The summed E-state index contributed by atoms with van der Waals surface area (Å²) in [6.07, 6.45) is 0. The van der Waals surface area contributed by atoms with Gasteiger partial charge in [0.05, 0.1) is 23.0 Å². The van der Waals surface area contributed by atoms with Crippen molar-refractivity contribution in [1.82, 2.24) is 0 Å². The Morgan fingerprint density at radius 3 is 2.67 bits per heavy atom. The maximum Gasteiger partial charge on any atom is 0.319 e. The molecule has 21 heavy (non-hydrogen) atoms. The number of hydrogen-bond acceptors (Lipinski definition) is 5. The zero-order chi connectivity index (χ0) is 15.3. The number of ketones is 1. The summed E-state index contributed by atoms with van der Waals surface area (Å²) in [7, 11) is 0. The molecule has 3 atom stereocenters. The fourth-order valence-corrected chi connectivity index (χ4v) is 4.15. The molecule has 1 aromatic rings. The van der Waals surface area contributed by atoms with Crippen LogP contribution in [0.3, 0.4) is 0 Å². The second-order valence-electron chi connectivity index (χ2n) is 4.91. The van der Waals surface area contributed by atoms with Crippen molar-refractivity contribution < 1.29 is 23.1 Å². The number of Topliss-reactive ketones (excluding diaryl/α,β-unsaturated/α-hetero) is 1. The molecular formula is C14H13F2NO3S. The van der Waals surface area contributed by atoms with Crippen molar-refractivity contribution in [2.24, 2.45) is 5.92 Å². The molecule has 0 aliphatic carbocycles. The summed E-state index contributed by atoms with van der Waals surface area (Å²) >= 11 is 1.44. The SMILES string of the molecule is CCOC(=O)[C@@H]1C(=O)c2cc(F)c(F)cc2N2[C@H](C)S[C@H]12. The highest BCUT2D eigenvalue weighted by atomic mass is 32.2. The number of fused-ring (bicyclic) bond motifs is 3. The van der Waals surface area contributed by atoms with Crippen molar-refractivity contribution in [1.29, 1.82) is 0 Å². The molecule has 1 saturated heterocycles. The van der Waals surface area contributed by atoms with Gasteiger partial charge in [-0.25, -0.2) is 8.78 Å². The quantitative estimate of drug-likeness (QED) is 0.620. The first-order valence-corrected chi connectivity index (χ1v) is 7.53. The van der Waals surface area contributed by atoms with Gasteiger partial charge >= 0.3 is 5.97 Å². The van der Waals surface area contributed by atoms with E-state index in [4.69, 9.17) is 4.74 Å². The number of nitrogens with zero attached hydrogens (tertiary/aromatic N) is 1. The Balaban J connectivity index is 2.08. The van der Waals surface area contributed by atoms with Crippen LogP contribution in [0.2, 0.25) is 0 Å². The number of halogens is 2. The molecule has 1 aromatic carbocycles.